The van der Waals surface area contributed by atoms with Crippen LogP contribution in [-0.2, 0) is 0 Å². The van der Waals surface area contributed by atoms with Gasteiger partial charge in [0.05, 0.1) is 0 Å². The topological polar surface area (TPSA) is 0 Å². The van der Waals surface area contributed by atoms with E-state index in [1.165, 1.54) is 32.3 Å². The zero-order valence-electron chi connectivity index (χ0n) is 10.5. The minimum Gasteiger partial charge on any atom is -0.0616 e. The second-order valence-corrected chi connectivity index (χ2v) is 6.63. The standard InChI is InChI=1S/C18H10Br2/c19-17-6-5-13-9-14-7-11-3-1-2-4-12(11)8-15(14)10-16(13)18(17)20/h1-10H. The first-order valence-electron chi connectivity index (χ1n) is 6.43. The summed E-state index contributed by atoms with van der Waals surface area (Å²) in [7, 11) is 0. The van der Waals surface area contributed by atoms with Gasteiger partial charge in [-0.1, -0.05) is 30.3 Å². The van der Waals surface area contributed by atoms with Gasteiger partial charge in [0.2, 0.25) is 0 Å². The van der Waals surface area contributed by atoms with Gasteiger partial charge in [0.15, 0.2) is 0 Å². The van der Waals surface area contributed by atoms with Crippen molar-refractivity contribution in [2.24, 2.45) is 0 Å². The van der Waals surface area contributed by atoms with E-state index in [9.17, 15) is 0 Å². The highest BCUT2D eigenvalue weighted by Gasteiger charge is 2.05. The molecule has 0 unspecified atom stereocenters. The molecule has 20 heavy (non-hydrogen) atoms. The lowest BCUT2D eigenvalue weighted by Crippen LogP contribution is -1.80. The summed E-state index contributed by atoms with van der Waals surface area (Å²) in [6.45, 7) is 0. The van der Waals surface area contributed by atoms with Crippen molar-refractivity contribution in [3.63, 3.8) is 0 Å². The van der Waals surface area contributed by atoms with Gasteiger partial charge in [0.1, 0.15) is 0 Å². The highest BCUT2D eigenvalue weighted by Crippen LogP contribution is 2.35. The van der Waals surface area contributed by atoms with Crippen LogP contribution in [0.15, 0.2) is 69.6 Å². The van der Waals surface area contributed by atoms with Gasteiger partial charge in [0.25, 0.3) is 0 Å². The average Bonchev–Trinajstić information content (AvgIpc) is 2.47. The molecule has 0 aliphatic carbocycles. The van der Waals surface area contributed by atoms with Crippen LogP contribution in [0.3, 0.4) is 0 Å². The maximum absolute atomic E-state index is 3.67. The Morgan fingerprint density at radius 3 is 1.85 bits per heavy atom. The van der Waals surface area contributed by atoms with Gasteiger partial charge < -0.3 is 0 Å². The molecular weight excluding hydrogens is 376 g/mol. The van der Waals surface area contributed by atoms with Crippen LogP contribution in [0.25, 0.3) is 32.3 Å². The second-order valence-electron chi connectivity index (χ2n) is 4.98. The molecule has 0 fully saturated rings. The van der Waals surface area contributed by atoms with Crippen molar-refractivity contribution in [1.82, 2.24) is 0 Å². The lowest BCUT2D eigenvalue weighted by Gasteiger charge is -2.07. The van der Waals surface area contributed by atoms with Gasteiger partial charge in [-0.25, -0.2) is 0 Å². The Labute approximate surface area is 133 Å². The third-order valence-electron chi connectivity index (χ3n) is 3.73. The number of halogens is 2. The van der Waals surface area contributed by atoms with E-state index in [0.29, 0.717) is 0 Å². The van der Waals surface area contributed by atoms with E-state index in [1.807, 2.05) is 0 Å². The molecule has 0 saturated carbocycles. The minimum absolute atomic E-state index is 1.09. The van der Waals surface area contributed by atoms with Crippen molar-refractivity contribution in [3.8, 4) is 0 Å². The Bertz CT molecular complexity index is 971. The molecule has 2 heteroatoms. The van der Waals surface area contributed by atoms with Crippen molar-refractivity contribution < 1.29 is 0 Å². The Hall–Kier alpha value is -1.38. The van der Waals surface area contributed by atoms with Gasteiger partial charge >= 0.3 is 0 Å². The highest BCUT2D eigenvalue weighted by atomic mass is 79.9. The molecule has 0 amide bonds. The van der Waals surface area contributed by atoms with E-state index in [2.05, 4.69) is 92.5 Å². The Morgan fingerprint density at radius 1 is 0.550 bits per heavy atom. The molecule has 0 N–H and O–H groups in total. The Balaban J connectivity index is 2.18. The van der Waals surface area contributed by atoms with Crippen molar-refractivity contribution in [3.05, 3.63) is 69.6 Å². The van der Waals surface area contributed by atoms with Crippen LogP contribution < -0.4 is 0 Å². The summed E-state index contributed by atoms with van der Waals surface area (Å²) < 4.78 is 2.20. The number of fused-ring (bicyclic) bond motifs is 3. The molecule has 0 nitrogen and oxygen atoms in total. The average molecular weight is 386 g/mol. The molecule has 0 aliphatic heterocycles. The first-order chi connectivity index (χ1) is 9.72. The quantitative estimate of drug-likeness (QED) is 0.296. The van der Waals surface area contributed by atoms with Crippen molar-refractivity contribution in [2.75, 3.05) is 0 Å². The molecule has 0 aliphatic rings. The van der Waals surface area contributed by atoms with E-state index in [1.54, 1.807) is 0 Å². The first-order valence-corrected chi connectivity index (χ1v) is 8.01. The van der Waals surface area contributed by atoms with Crippen LogP contribution >= 0.6 is 31.9 Å². The van der Waals surface area contributed by atoms with Gasteiger partial charge in [-0.2, -0.15) is 0 Å². The normalized spacial score (nSPS) is 11.5. The monoisotopic (exact) mass is 384 g/mol. The summed E-state index contributed by atoms with van der Waals surface area (Å²) in [5, 5.41) is 7.62. The number of benzene rings is 4. The molecule has 4 aromatic rings. The van der Waals surface area contributed by atoms with Gasteiger partial charge in [-0.15, -0.1) is 0 Å². The summed E-state index contributed by atoms with van der Waals surface area (Å²) >= 11 is 7.24. The first kappa shape index (κ1) is 12.4. The highest BCUT2D eigenvalue weighted by molar-refractivity contribution is 9.13. The summed E-state index contributed by atoms with van der Waals surface area (Å²) in [4.78, 5) is 0. The Kier molecular flexibility index (Phi) is 2.83. The SMILES string of the molecule is Brc1ccc2cc3cc4ccccc4cc3cc2c1Br. The van der Waals surface area contributed by atoms with Crippen molar-refractivity contribution in [2.45, 2.75) is 0 Å². The minimum atomic E-state index is 1.09. The fraction of sp³-hybridized carbons (Fsp3) is 0. The zero-order valence-corrected chi connectivity index (χ0v) is 13.7. The molecule has 0 spiro atoms. The van der Waals surface area contributed by atoms with Crippen LogP contribution in [0.1, 0.15) is 0 Å². The van der Waals surface area contributed by atoms with Gasteiger partial charge in [-0.05, 0) is 94.5 Å². The predicted molar refractivity (Wildman–Crippen MR) is 94.4 cm³/mol. The number of hydrogen-bond donors (Lipinski definition) is 0. The van der Waals surface area contributed by atoms with E-state index in [-0.39, 0.29) is 0 Å². The number of hydrogen-bond acceptors (Lipinski definition) is 0. The molecular formula is C18H10Br2. The maximum atomic E-state index is 3.67. The molecule has 0 radical (unpaired) electrons. The molecule has 0 atom stereocenters. The largest absolute Gasteiger partial charge is 0.0616 e. The molecule has 0 bridgehead atoms. The van der Waals surface area contributed by atoms with Crippen LogP contribution in [0.2, 0.25) is 0 Å². The lowest BCUT2D eigenvalue weighted by molar-refractivity contribution is 1.67. The van der Waals surface area contributed by atoms with Gasteiger partial charge in [-0.3, -0.25) is 0 Å². The molecule has 0 aromatic heterocycles. The fourth-order valence-corrected chi connectivity index (χ4v) is 3.52. The van der Waals surface area contributed by atoms with E-state index in [4.69, 9.17) is 0 Å². The summed E-state index contributed by atoms with van der Waals surface area (Å²) in [6.07, 6.45) is 0. The van der Waals surface area contributed by atoms with E-state index >= 15 is 0 Å². The maximum Gasteiger partial charge on any atom is 0.0396 e. The molecule has 4 rings (SSSR count). The van der Waals surface area contributed by atoms with Crippen molar-refractivity contribution in [1.29, 1.82) is 0 Å². The second kappa shape index (κ2) is 4.57. The summed E-state index contributed by atoms with van der Waals surface area (Å²) in [5.74, 6) is 0. The molecule has 96 valence electrons. The third-order valence-corrected chi connectivity index (χ3v) is 5.78. The lowest BCUT2D eigenvalue weighted by atomic mass is 10.00. The Morgan fingerprint density at radius 2 is 1.15 bits per heavy atom. The van der Waals surface area contributed by atoms with Crippen molar-refractivity contribution >= 4 is 64.2 Å². The zero-order chi connectivity index (χ0) is 13.7. The van der Waals surface area contributed by atoms with Gasteiger partial charge in [0, 0.05) is 8.95 Å². The summed E-state index contributed by atoms with van der Waals surface area (Å²) in [5.41, 5.74) is 0. The van der Waals surface area contributed by atoms with Crippen LogP contribution in [-0.4, -0.2) is 0 Å². The fourth-order valence-electron chi connectivity index (χ4n) is 2.70. The summed E-state index contributed by atoms with van der Waals surface area (Å²) in [6, 6.07) is 21.8. The van der Waals surface area contributed by atoms with Crippen LogP contribution in [0, 0.1) is 0 Å². The van der Waals surface area contributed by atoms with Crippen LogP contribution in [0.4, 0.5) is 0 Å². The predicted octanol–water partition coefficient (Wildman–Crippen LogP) is 6.67. The molecule has 0 heterocycles. The van der Waals surface area contributed by atoms with E-state index < -0.39 is 0 Å². The smallest absolute Gasteiger partial charge is 0.0396 e. The van der Waals surface area contributed by atoms with Crippen LogP contribution in [0.5, 0.6) is 0 Å². The third kappa shape index (κ3) is 1.87. The number of rotatable bonds is 0. The molecule has 0 saturated heterocycles. The molecule has 4 aromatic carbocycles. The van der Waals surface area contributed by atoms with E-state index in [0.717, 1.165) is 8.95 Å².